The largest absolute Gasteiger partial charge is 0.380 e. The lowest BCUT2D eigenvalue weighted by atomic mass is 10.1. The van der Waals surface area contributed by atoms with E-state index in [9.17, 15) is 9.59 Å². The van der Waals surface area contributed by atoms with Crippen molar-refractivity contribution in [3.63, 3.8) is 0 Å². The van der Waals surface area contributed by atoms with Crippen LogP contribution in [0.2, 0.25) is 0 Å². The molecule has 0 saturated heterocycles. The summed E-state index contributed by atoms with van der Waals surface area (Å²) in [7, 11) is 1.53. The van der Waals surface area contributed by atoms with Gasteiger partial charge in [0.25, 0.3) is 5.91 Å². The molecule has 26 heavy (non-hydrogen) atoms. The van der Waals surface area contributed by atoms with Gasteiger partial charge in [-0.1, -0.05) is 30.3 Å². The Bertz CT molecular complexity index is 730. The van der Waals surface area contributed by atoms with Crippen LogP contribution in [0.15, 0.2) is 54.6 Å². The first-order valence-corrected chi connectivity index (χ1v) is 8.52. The highest BCUT2D eigenvalue weighted by Gasteiger charge is 2.15. The number of ether oxygens (including phenoxy) is 1. The van der Waals surface area contributed by atoms with Gasteiger partial charge < -0.3 is 21.1 Å². The van der Waals surface area contributed by atoms with Crippen LogP contribution >= 0.6 is 0 Å². The fourth-order valence-corrected chi connectivity index (χ4v) is 2.53. The van der Waals surface area contributed by atoms with Crippen LogP contribution in [-0.2, 0) is 9.53 Å². The number of rotatable bonds is 8. The Morgan fingerprint density at radius 1 is 1.12 bits per heavy atom. The minimum absolute atomic E-state index is 0.131. The van der Waals surface area contributed by atoms with E-state index in [0.29, 0.717) is 17.8 Å². The van der Waals surface area contributed by atoms with Crippen LogP contribution in [0.4, 0.5) is 5.69 Å². The first-order chi connectivity index (χ1) is 12.5. The first kappa shape index (κ1) is 19.6. The molecule has 0 aliphatic rings. The summed E-state index contributed by atoms with van der Waals surface area (Å²) in [6.07, 6.45) is -0.0828. The number of hydrogen-bond acceptors (Lipinski definition) is 4. The Kier molecular flexibility index (Phi) is 7.32. The van der Waals surface area contributed by atoms with Crippen molar-refractivity contribution in [3.05, 3.63) is 65.7 Å². The van der Waals surface area contributed by atoms with E-state index < -0.39 is 0 Å². The number of nitrogens with one attached hydrogen (secondary N) is 2. The third-order valence-electron chi connectivity index (χ3n) is 4.07. The topological polar surface area (TPSA) is 93.4 Å². The summed E-state index contributed by atoms with van der Waals surface area (Å²) >= 11 is 0. The van der Waals surface area contributed by atoms with E-state index >= 15 is 0 Å². The molecule has 0 radical (unpaired) electrons. The van der Waals surface area contributed by atoms with Crippen molar-refractivity contribution in [2.45, 2.75) is 25.5 Å². The van der Waals surface area contributed by atoms with E-state index in [1.165, 1.54) is 7.11 Å². The summed E-state index contributed by atoms with van der Waals surface area (Å²) in [4.78, 5) is 24.3. The van der Waals surface area contributed by atoms with Crippen LogP contribution in [-0.4, -0.2) is 31.6 Å². The number of carbonyl (C=O) groups excluding carboxylic acids is 2. The predicted octanol–water partition coefficient (Wildman–Crippen LogP) is 2.48. The molecule has 6 heteroatoms. The lowest BCUT2D eigenvalue weighted by Crippen LogP contribution is -2.33. The van der Waals surface area contributed by atoms with Gasteiger partial charge >= 0.3 is 0 Å². The molecule has 0 spiro atoms. The molecule has 4 N–H and O–H groups in total. The monoisotopic (exact) mass is 355 g/mol. The number of hydrogen-bond donors (Lipinski definition) is 3. The number of carbonyl (C=O) groups is 2. The van der Waals surface area contributed by atoms with Gasteiger partial charge in [-0.3, -0.25) is 9.59 Å². The molecule has 0 fully saturated rings. The van der Waals surface area contributed by atoms with Gasteiger partial charge in [-0.2, -0.15) is 0 Å². The van der Waals surface area contributed by atoms with E-state index in [1.807, 2.05) is 49.4 Å². The Morgan fingerprint density at radius 2 is 1.85 bits per heavy atom. The molecule has 2 atom stereocenters. The highest BCUT2D eigenvalue weighted by atomic mass is 16.5. The second kappa shape index (κ2) is 9.70. The molecule has 0 bridgehead atoms. The standard InChI is InChI=1S/C20H25N3O3/c1-14(22-19(24)12-18(13-21)26-2)16-9-6-10-17(11-16)23-20(25)15-7-4-3-5-8-15/h3-11,14,18H,12-13,21H2,1-2H3,(H,22,24)(H,23,25). The molecule has 2 amide bonds. The summed E-state index contributed by atoms with van der Waals surface area (Å²) < 4.78 is 5.13. The molecule has 138 valence electrons. The van der Waals surface area contributed by atoms with Crippen LogP contribution in [0.25, 0.3) is 0 Å². The summed E-state index contributed by atoms with van der Waals surface area (Å²) in [5.74, 6) is -0.307. The van der Waals surface area contributed by atoms with Gasteiger partial charge in [-0.25, -0.2) is 0 Å². The maximum atomic E-state index is 12.3. The van der Waals surface area contributed by atoms with Gasteiger partial charge in [0.1, 0.15) is 0 Å². The third kappa shape index (κ3) is 5.68. The molecule has 0 aromatic heterocycles. The van der Waals surface area contributed by atoms with Gasteiger partial charge in [0, 0.05) is 24.9 Å². The van der Waals surface area contributed by atoms with Crippen LogP contribution in [0.1, 0.15) is 35.3 Å². The Hall–Kier alpha value is -2.70. The number of methoxy groups -OCH3 is 1. The smallest absolute Gasteiger partial charge is 0.255 e. The van der Waals surface area contributed by atoms with Crippen LogP contribution in [0, 0.1) is 0 Å². The van der Waals surface area contributed by atoms with E-state index in [1.54, 1.807) is 12.1 Å². The fraction of sp³-hybridized carbons (Fsp3) is 0.300. The Morgan fingerprint density at radius 3 is 2.50 bits per heavy atom. The fourth-order valence-electron chi connectivity index (χ4n) is 2.53. The molecule has 6 nitrogen and oxygen atoms in total. The maximum absolute atomic E-state index is 12.3. The summed E-state index contributed by atoms with van der Waals surface area (Å²) in [6, 6.07) is 16.2. The highest BCUT2D eigenvalue weighted by molar-refractivity contribution is 6.04. The molecule has 2 unspecified atom stereocenters. The molecule has 0 heterocycles. The van der Waals surface area contributed by atoms with Crippen molar-refractivity contribution in [3.8, 4) is 0 Å². The van der Waals surface area contributed by atoms with Crippen LogP contribution in [0.5, 0.6) is 0 Å². The SMILES string of the molecule is COC(CN)CC(=O)NC(C)c1cccc(NC(=O)c2ccccc2)c1. The molecular weight excluding hydrogens is 330 g/mol. The van der Waals surface area contributed by atoms with Gasteiger partial charge in [-0.15, -0.1) is 0 Å². The maximum Gasteiger partial charge on any atom is 0.255 e. The molecule has 0 aliphatic carbocycles. The molecule has 0 saturated carbocycles. The van der Waals surface area contributed by atoms with Crippen LogP contribution in [0.3, 0.4) is 0 Å². The van der Waals surface area contributed by atoms with Gasteiger partial charge in [0.2, 0.25) is 5.91 Å². The van der Waals surface area contributed by atoms with Crippen molar-refractivity contribution in [2.24, 2.45) is 5.73 Å². The normalized spacial score (nSPS) is 12.9. The zero-order chi connectivity index (χ0) is 18.9. The average molecular weight is 355 g/mol. The van der Waals surface area contributed by atoms with Crippen LogP contribution < -0.4 is 16.4 Å². The van der Waals surface area contributed by atoms with E-state index in [-0.39, 0.29) is 30.4 Å². The molecule has 2 rings (SSSR count). The number of amides is 2. The van der Waals surface area contributed by atoms with E-state index in [4.69, 9.17) is 10.5 Å². The van der Waals surface area contributed by atoms with Gasteiger partial charge in [-0.05, 0) is 36.8 Å². The lowest BCUT2D eigenvalue weighted by Gasteiger charge is -2.18. The van der Waals surface area contributed by atoms with Gasteiger partial charge in [0.15, 0.2) is 0 Å². The lowest BCUT2D eigenvalue weighted by molar-refractivity contribution is -0.124. The van der Waals surface area contributed by atoms with Crippen molar-refractivity contribution < 1.29 is 14.3 Å². The van der Waals surface area contributed by atoms with Crippen molar-refractivity contribution >= 4 is 17.5 Å². The van der Waals surface area contributed by atoms with Crippen molar-refractivity contribution in [1.82, 2.24) is 5.32 Å². The molecule has 2 aromatic rings. The van der Waals surface area contributed by atoms with E-state index in [0.717, 1.165) is 5.56 Å². The zero-order valence-electron chi connectivity index (χ0n) is 15.1. The number of benzene rings is 2. The summed E-state index contributed by atoms with van der Waals surface area (Å²) in [5.41, 5.74) is 7.70. The van der Waals surface area contributed by atoms with Gasteiger partial charge in [0.05, 0.1) is 18.6 Å². The Labute approximate surface area is 153 Å². The summed E-state index contributed by atoms with van der Waals surface area (Å²) in [6.45, 7) is 2.18. The quantitative estimate of drug-likeness (QED) is 0.678. The minimum atomic E-state index is -0.293. The third-order valence-corrected chi connectivity index (χ3v) is 4.07. The second-order valence-corrected chi connectivity index (χ2v) is 6.03. The van der Waals surface area contributed by atoms with E-state index in [2.05, 4.69) is 10.6 Å². The number of nitrogens with two attached hydrogens (primary N) is 1. The molecule has 0 aliphatic heterocycles. The average Bonchev–Trinajstić information content (AvgIpc) is 2.67. The second-order valence-electron chi connectivity index (χ2n) is 6.03. The number of anilines is 1. The highest BCUT2D eigenvalue weighted by Crippen LogP contribution is 2.18. The molecular formula is C20H25N3O3. The predicted molar refractivity (Wildman–Crippen MR) is 102 cm³/mol. The summed E-state index contributed by atoms with van der Waals surface area (Å²) in [5, 5.41) is 5.79. The molecule has 2 aromatic carbocycles. The van der Waals surface area contributed by atoms with Crippen molar-refractivity contribution in [1.29, 1.82) is 0 Å². The first-order valence-electron chi connectivity index (χ1n) is 8.52. The van der Waals surface area contributed by atoms with Crippen molar-refractivity contribution in [2.75, 3.05) is 19.0 Å². The zero-order valence-corrected chi connectivity index (χ0v) is 15.1. The Balaban J connectivity index is 1.99. The minimum Gasteiger partial charge on any atom is -0.380 e.